The maximum Gasteiger partial charge on any atom is 0.310 e. The molecule has 0 radical (unpaired) electrons. The molecule has 0 spiro atoms. The van der Waals surface area contributed by atoms with Gasteiger partial charge < -0.3 is 9.64 Å². The molecule has 1 fully saturated rings. The van der Waals surface area contributed by atoms with Gasteiger partial charge in [0, 0.05) is 31.9 Å². The molecule has 1 aliphatic rings. The van der Waals surface area contributed by atoms with Gasteiger partial charge in [-0.1, -0.05) is 0 Å². The summed E-state index contributed by atoms with van der Waals surface area (Å²) < 4.78 is 4.76. The number of methoxy groups -OCH3 is 1. The Morgan fingerprint density at radius 1 is 1.40 bits per heavy atom. The first-order valence-corrected chi connectivity index (χ1v) is 6.95. The number of hydrogen-bond donors (Lipinski definition) is 0. The van der Waals surface area contributed by atoms with Crippen LogP contribution in [0.25, 0.3) is 0 Å². The molecular formula is C15H20N2O3. The number of rotatable bonds is 4. The largest absolute Gasteiger partial charge is 0.469 e. The molecule has 1 atom stereocenters. The van der Waals surface area contributed by atoms with Crippen molar-refractivity contribution in [3.8, 4) is 0 Å². The number of nitrogens with zero attached hydrogens (tertiary/aromatic N) is 2. The third-order valence-electron chi connectivity index (χ3n) is 3.69. The summed E-state index contributed by atoms with van der Waals surface area (Å²) in [6.45, 7) is 1.23. The maximum absolute atomic E-state index is 12.2. The molecule has 1 aliphatic heterocycles. The van der Waals surface area contributed by atoms with Crippen LogP contribution in [0.4, 0.5) is 0 Å². The first-order valence-electron chi connectivity index (χ1n) is 6.95. The van der Waals surface area contributed by atoms with E-state index in [2.05, 4.69) is 4.98 Å². The van der Waals surface area contributed by atoms with E-state index in [1.165, 1.54) is 7.11 Å². The number of hydrogen-bond acceptors (Lipinski definition) is 4. The monoisotopic (exact) mass is 276 g/mol. The van der Waals surface area contributed by atoms with Crippen molar-refractivity contribution in [1.29, 1.82) is 0 Å². The Morgan fingerprint density at radius 2 is 2.15 bits per heavy atom. The average Bonchev–Trinajstić information content (AvgIpc) is 2.53. The van der Waals surface area contributed by atoms with Crippen LogP contribution < -0.4 is 0 Å². The molecule has 2 rings (SSSR count). The van der Waals surface area contributed by atoms with Crippen LogP contribution >= 0.6 is 0 Å². The van der Waals surface area contributed by atoms with Gasteiger partial charge in [-0.3, -0.25) is 14.6 Å². The summed E-state index contributed by atoms with van der Waals surface area (Å²) in [7, 11) is 1.40. The summed E-state index contributed by atoms with van der Waals surface area (Å²) in [5, 5.41) is 0. The Balaban J connectivity index is 1.84. The van der Waals surface area contributed by atoms with E-state index < -0.39 is 0 Å². The van der Waals surface area contributed by atoms with Gasteiger partial charge in [0.2, 0.25) is 5.91 Å². The first kappa shape index (κ1) is 14.5. The zero-order valence-electron chi connectivity index (χ0n) is 11.7. The normalized spacial score (nSPS) is 18.6. The van der Waals surface area contributed by atoms with E-state index in [-0.39, 0.29) is 17.8 Å². The average molecular weight is 276 g/mol. The molecule has 0 saturated carbocycles. The molecular weight excluding hydrogens is 256 g/mol. The highest BCUT2D eigenvalue weighted by Gasteiger charge is 2.28. The zero-order valence-corrected chi connectivity index (χ0v) is 11.7. The van der Waals surface area contributed by atoms with Gasteiger partial charge in [-0.25, -0.2) is 0 Å². The van der Waals surface area contributed by atoms with Gasteiger partial charge in [-0.05, 0) is 37.0 Å². The van der Waals surface area contributed by atoms with Crippen LogP contribution in [0.3, 0.4) is 0 Å². The summed E-state index contributed by atoms with van der Waals surface area (Å²) in [6, 6.07) is 3.83. The van der Waals surface area contributed by atoms with Crippen molar-refractivity contribution < 1.29 is 14.3 Å². The van der Waals surface area contributed by atoms with Crippen molar-refractivity contribution in [2.45, 2.75) is 25.7 Å². The quantitative estimate of drug-likeness (QED) is 0.780. The molecule has 108 valence electrons. The van der Waals surface area contributed by atoms with E-state index in [1.807, 2.05) is 12.1 Å². The maximum atomic E-state index is 12.2. The van der Waals surface area contributed by atoms with E-state index in [9.17, 15) is 9.59 Å². The Bertz CT molecular complexity index is 461. The fraction of sp³-hybridized carbons (Fsp3) is 0.533. The summed E-state index contributed by atoms with van der Waals surface area (Å²) in [6.07, 6.45) is 6.31. The minimum Gasteiger partial charge on any atom is -0.469 e. The van der Waals surface area contributed by atoms with Crippen molar-refractivity contribution in [3.05, 3.63) is 30.1 Å². The van der Waals surface area contributed by atoms with Gasteiger partial charge in [0.15, 0.2) is 0 Å². The van der Waals surface area contributed by atoms with Crippen LogP contribution in [0.1, 0.15) is 24.8 Å². The Labute approximate surface area is 118 Å². The van der Waals surface area contributed by atoms with Crippen molar-refractivity contribution in [2.75, 3.05) is 20.2 Å². The SMILES string of the molecule is COC(=O)C1CCCN(C(=O)CCc2ccncc2)C1. The molecule has 5 heteroatoms. The lowest BCUT2D eigenvalue weighted by atomic mass is 9.97. The minimum absolute atomic E-state index is 0.107. The van der Waals surface area contributed by atoms with Crippen molar-refractivity contribution in [1.82, 2.24) is 9.88 Å². The molecule has 1 amide bonds. The predicted octanol–water partition coefficient (Wildman–Crippen LogP) is 1.43. The third kappa shape index (κ3) is 3.79. The molecule has 2 heterocycles. The molecule has 0 N–H and O–H groups in total. The minimum atomic E-state index is -0.211. The number of piperidine rings is 1. The topological polar surface area (TPSA) is 59.5 Å². The van der Waals surface area contributed by atoms with Gasteiger partial charge in [0.25, 0.3) is 0 Å². The van der Waals surface area contributed by atoms with Crippen molar-refractivity contribution >= 4 is 11.9 Å². The van der Waals surface area contributed by atoms with Crippen molar-refractivity contribution in [3.63, 3.8) is 0 Å². The second-order valence-corrected chi connectivity index (χ2v) is 5.06. The van der Waals surface area contributed by atoms with Crippen LogP contribution in [0, 0.1) is 5.92 Å². The lowest BCUT2D eigenvalue weighted by molar-refractivity contribution is -0.149. The molecule has 1 aromatic heterocycles. The molecule has 1 saturated heterocycles. The van der Waals surface area contributed by atoms with Gasteiger partial charge >= 0.3 is 5.97 Å². The second-order valence-electron chi connectivity index (χ2n) is 5.06. The third-order valence-corrected chi connectivity index (χ3v) is 3.69. The highest BCUT2D eigenvalue weighted by molar-refractivity contribution is 5.78. The number of esters is 1. The van der Waals surface area contributed by atoms with Crippen LogP contribution in [0.15, 0.2) is 24.5 Å². The fourth-order valence-corrected chi connectivity index (χ4v) is 2.52. The molecule has 5 nitrogen and oxygen atoms in total. The number of likely N-dealkylation sites (tertiary alicyclic amines) is 1. The Kier molecular flexibility index (Phi) is 5.09. The lowest BCUT2D eigenvalue weighted by Crippen LogP contribution is -2.42. The summed E-state index contributed by atoms with van der Waals surface area (Å²) >= 11 is 0. The summed E-state index contributed by atoms with van der Waals surface area (Å²) in [4.78, 5) is 29.5. The number of amides is 1. The smallest absolute Gasteiger partial charge is 0.310 e. The lowest BCUT2D eigenvalue weighted by Gasteiger charge is -2.31. The van der Waals surface area contributed by atoms with Gasteiger partial charge in [-0.15, -0.1) is 0 Å². The first-order chi connectivity index (χ1) is 9.70. The molecule has 0 bridgehead atoms. The van der Waals surface area contributed by atoms with E-state index >= 15 is 0 Å². The molecule has 1 aromatic rings. The number of carbonyl (C=O) groups is 2. The molecule has 0 aromatic carbocycles. The number of pyridine rings is 1. The zero-order chi connectivity index (χ0) is 14.4. The second kappa shape index (κ2) is 7.03. The number of carbonyl (C=O) groups excluding carboxylic acids is 2. The standard InChI is InChI=1S/C15H20N2O3/c1-20-15(19)13-3-2-10-17(11-13)14(18)5-4-12-6-8-16-9-7-12/h6-9,13H,2-5,10-11H2,1H3. The Morgan fingerprint density at radius 3 is 2.85 bits per heavy atom. The van der Waals surface area contributed by atoms with Gasteiger partial charge in [0.05, 0.1) is 13.0 Å². The predicted molar refractivity (Wildman–Crippen MR) is 73.9 cm³/mol. The molecule has 20 heavy (non-hydrogen) atoms. The highest BCUT2D eigenvalue weighted by atomic mass is 16.5. The molecule has 0 aliphatic carbocycles. The van der Waals surface area contributed by atoms with Crippen LogP contribution in [0.5, 0.6) is 0 Å². The van der Waals surface area contributed by atoms with Crippen LogP contribution in [0.2, 0.25) is 0 Å². The van der Waals surface area contributed by atoms with Gasteiger partial charge in [-0.2, -0.15) is 0 Å². The summed E-state index contributed by atoms with van der Waals surface area (Å²) in [5.41, 5.74) is 1.11. The van der Waals surface area contributed by atoms with E-state index in [4.69, 9.17) is 4.74 Å². The highest BCUT2D eigenvalue weighted by Crippen LogP contribution is 2.18. The van der Waals surface area contributed by atoms with E-state index in [0.717, 1.165) is 24.9 Å². The van der Waals surface area contributed by atoms with Crippen LogP contribution in [-0.2, 0) is 20.7 Å². The van der Waals surface area contributed by atoms with Crippen LogP contribution in [-0.4, -0.2) is 42.0 Å². The van der Waals surface area contributed by atoms with Crippen molar-refractivity contribution in [2.24, 2.45) is 5.92 Å². The number of aryl methyl sites for hydroxylation is 1. The number of aromatic nitrogens is 1. The van der Waals surface area contributed by atoms with Gasteiger partial charge in [0.1, 0.15) is 0 Å². The Hall–Kier alpha value is -1.91. The van der Waals surface area contributed by atoms with E-state index in [1.54, 1.807) is 17.3 Å². The fourth-order valence-electron chi connectivity index (χ4n) is 2.52. The van der Waals surface area contributed by atoms with E-state index in [0.29, 0.717) is 19.4 Å². The molecule has 1 unspecified atom stereocenters. The summed E-state index contributed by atoms with van der Waals surface area (Å²) in [5.74, 6) is -0.273. The number of ether oxygens (including phenoxy) is 1.